The molecule has 0 fully saturated rings. The second-order valence-electron chi connectivity index (χ2n) is 3.37. The number of rotatable bonds is 4. The summed E-state index contributed by atoms with van der Waals surface area (Å²) in [6, 6.07) is 9.95. The maximum atomic E-state index is 5.59. The van der Waals surface area contributed by atoms with Gasteiger partial charge in [-0.05, 0) is 24.8 Å². The second kappa shape index (κ2) is 4.70. The molecule has 1 aromatic carbocycles. The van der Waals surface area contributed by atoms with Crippen molar-refractivity contribution in [1.82, 2.24) is 4.90 Å². The third-order valence-corrected chi connectivity index (χ3v) is 2.29. The Morgan fingerprint density at radius 2 is 2.07 bits per heavy atom. The highest BCUT2D eigenvalue weighted by Gasteiger charge is 2.03. The Hall–Kier alpha value is -1.44. The van der Waals surface area contributed by atoms with Crippen LogP contribution >= 0.6 is 0 Å². The largest absolute Gasteiger partial charge is 0.492 e. The summed E-state index contributed by atoms with van der Waals surface area (Å²) >= 11 is 0. The molecular weight excluding hydrogens is 174 g/mol. The Morgan fingerprint density at radius 3 is 2.79 bits per heavy atom. The summed E-state index contributed by atoms with van der Waals surface area (Å²) in [7, 11) is 0. The molecule has 0 radical (unpaired) electrons. The summed E-state index contributed by atoms with van der Waals surface area (Å²) in [6.07, 6.45) is 5.52. The van der Waals surface area contributed by atoms with Crippen LogP contribution in [0.25, 0.3) is 0 Å². The first-order valence-corrected chi connectivity index (χ1v) is 5.04. The summed E-state index contributed by atoms with van der Waals surface area (Å²) in [5, 5.41) is 0. The van der Waals surface area contributed by atoms with E-state index in [0.29, 0.717) is 0 Å². The molecule has 1 aliphatic heterocycles. The first-order chi connectivity index (χ1) is 6.95. The summed E-state index contributed by atoms with van der Waals surface area (Å²) < 4.78 is 5.59. The fourth-order valence-electron chi connectivity index (χ4n) is 1.52. The minimum atomic E-state index is 0.758. The maximum absolute atomic E-state index is 5.59. The molecule has 0 amide bonds. The fraction of sp³-hybridized carbons (Fsp3) is 0.333. The third-order valence-electron chi connectivity index (χ3n) is 2.29. The number of para-hydroxylation sites is 1. The van der Waals surface area contributed by atoms with Crippen LogP contribution in [0.15, 0.2) is 42.6 Å². The van der Waals surface area contributed by atoms with Gasteiger partial charge < -0.3 is 9.64 Å². The smallest absolute Gasteiger partial charge is 0.119 e. The van der Waals surface area contributed by atoms with Crippen LogP contribution in [0, 0.1) is 0 Å². The van der Waals surface area contributed by atoms with Gasteiger partial charge in [-0.2, -0.15) is 0 Å². The zero-order chi connectivity index (χ0) is 9.64. The minimum Gasteiger partial charge on any atom is -0.492 e. The monoisotopic (exact) mass is 189 g/mol. The molecule has 0 saturated heterocycles. The van der Waals surface area contributed by atoms with Gasteiger partial charge in [-0.15, -0.1) is 0 Å². The molecular formula is C12H15NO. The normalized spacial score (nSPS) is 14.7. The lowest BCUT2D eigenvalue weighted by Crippen LogP contribution is -2.21. The Bertz CT molecular complexity index is 294. The number of benzene rings is 1. The van der Waals surface area contributed by atoms with E-state index in [1.54, 1.807) is 0 Å². The third kappa shape index (κ3) is 2.52. The van der Waals surface area contributed by atoms with Crippen molar-refractivity contribution in [3.8, 4) is 5.75 Å². The molecule has 0 aromatic heterocycles. The Labute approximate surface area is 84.8 Å². The van der Waals surface area contributed by atoms with Gasteiger partial charge in [0.2, 0.25) is 0 Å². The van der Waals surface area contributed by atoms with Crippen molar-refractivity contribution in [2.45, 2.75) is 6.42 Å². The summed E-state index contributed by atoms with van der Waals surface area (Å²) in [5.74, 6) is 0.954. The summed E-state index contributed by atoms with van der Waals surface area (Å²) in [6.45, 7) is 2.87. The van der Waals surface area contributed by atoms with Crippen LogP contribution in [-0.2, 0) is 0 Å². The number of hydrogen-bond donors (Lipinski definition) is 0. The number of ether oxygens (including phenoxy) is 1. The highest BCUT2D eigenvalue weighted by Crippen LogP contribution is 2.09. The van der Waals surface area contributed by atoms with Crippen molar-refractivity contribution in [1.29, 1.82) is 0 Å². The minimum absolute atomic E-state index is 0.758. The SMILES string of the molecule is C1=CN(CCOc2ccccc2)CC1. The molecule has 0 atom stereocenters. The first kappa shape index (κ1) is 9.13. The number of nitrogens with zero attached hydrogens (tertiary/aromatic N) is 1. The average Bonchev–Trinajstić information content (AvgIpc) is 2.72. The van der Waals surface area contributed by atoms with E-state index in [2.05, 4.69) is 17.2 Å². The lowest BCUT2D eigenvalue weighted by molar-refractivity contribution is 0.262. The van der Waals surface area contributed by atoms with Crippen molar-refractivity contribution in [3.63, 3.8) is 0 Å². The maximum Gasteiger partial charge on any atom is 0.119 e. The van der Waals surface area contributed by atoms with Crippen LogP contribution in [0.1, 0.15) is 6.42 Å². The standard InChI is InChI=1S/C12H15NO/c1-2-6-12(7-3-1)14-11-10-13-8-4-5-9-13/h1-4,6-8H,5,9-11H2. The van der Waals surface area contributed by atoms with Gasteiger partial charge in [0.05, 0.1) is 6.54 Å². The van der Waals surface area contributed by atoms with Crippen LogP contribution < -0.4 is 4.74 Å². The molecule has 74 valence electrons. The molecule has 0 bridgehead atoms. The zero-order valence-corrected chi connectivity index (χ0v) is 8.23. The van der Waals surface area contributed by atoms with Gasteiger partial charge in [0.15, 0.2) is 0 Å². The van der Waals surface area contributed by atoms with Crippen molar-refractivity contribution in [2.75, 3.05) is 19.7 Å². The quantitative estimate of drug-likeness (QED) is 0.720. The lowest BCUT2D eigenvalue weighted by atomic mass is 10.3. The molecule has 1 heterocycles. The topological polar surface area (TPSA) is 12.5 Å². The van der Waals surface area contributed by atoms with Gasteiger partial charge in [0.25, 0.3) is 0 Å². The molecule has 1 aliphatic rings. The van der Waals surface area contributed by atoms with Gasteiger partial charge in [0.1, 0.15) is 12.4 Å². The van der Waals surface area contributed by atoms with Gasteiger partial charge in [-0.1, -0.05) is 24.3 Å². The molecule has 0 unspecified atom stereocenters. The van der Waals surface area contributed by atoms with E-state index >= 15 is 0 Å². The fourth-order valence-corrected chi connectivity index (χ4v) is 1.52. The van der Waals surface area contributed by atoms with E-state index in [9.17, 15) is 0 Å². The van der Waals surface area contributed by atoms with Crippen molar-refractivity contribution in [2.24, 2.45) is 0 Å². The van der Waals surface area contributed by atoms with Crippen molar-refractivity contribution < 1.29 is 4.74 Å². The zero-order valence-electron chi connectivity index (χ0n) is 8.23. The molecule has 0 aliphatic carbocycles. The van der Waals surface area contributed by atoms with E-state index in [1.165, 1.54) is 6.42 Å². The van der Waals surface area contributed by atoms with Crippen molar-refractivity contribution >= 4 is 0 Å². The second-order valence-corrected chi connectivity index (χ2v) is 3.37. The molecule has 14 heavy (non-hydrogen) atoms. The van der Waals surface area contributed by atoms with Crippen LogP contribution in [-0.4, -0.2) is 24.6 Å². The molecule has 1 aromatic rings. The number of hydrogen-bond acceptors (Lipinski definition) is 2. The van der Waals surface area contributed by atoms with Gasteiger partial charge in [-0.3, -0.25) is 0 Å². The Kier molecular flexibility index (Phi) is 3.06. The van der Waals surface area contributed by atoms with Crippen LogP contribution in [0.5, 0.6) is 5.75 Å². The molecule has 0 saturated carbocycles. The van der Waals surface area contributed by atoms with E-state index < -0.39 is 0 Å². The molecule has 2 heteroatoms. The Balaban J connectivity index is 1.70. The summed E-state index contributed by atoms with van der Waals surface area (Å²) in [4.78, 5) is 2.28. The molecule has 0 N–H and O–H groups in total. The molecule has 2 nitrogen and oxygen atoms in total. The molecule has 2 rings (SSSR count). The highest BCUT2D eigenvalue weighted by atomic mass is 16.5. The Morgan fingerprint density at radius 1 is 1.21 bits per heavy atom. The van der Waals surface area contributed by atoms with Gasteiger partial charge in [-0.25, -0.2) is 0 Å². The first-order valence-electron chi connectivity index (χ1n) is 5.04. The predicted molar refractivity (Wildman–Crippen MR) is 57.3 cm³/mol. The van der Waals surface area contributed by atoms with Crippen LogP contribution in [0.2, 0.25) is 0 Å². The predicted octanol–water partition coefficient (Wildman–Crippen LogP) is 2.28. The van der Waals surface area contributed by atoms with E-state index in [0.717, 1.165) is 25.4 Å². The van der Waals surface area contributed by atoms with Crippen LogP contribution in [0.3, 0.4) is 0 Å². The lowest BCUT2D eigenvalue weighted by Gasteiger charge is -2.15. The van der Waals surface area contributed by atoms with E-state index in [-0.39, 0.29) is 0 Å². The summed E-state index contributed by atoms with van der Waals surface area (Å²) in [5.41, 5.74) is 0. The van der Waals surface area contributed by atoms with Gasteiger partial charge >= 0.3 is 0 Å². The van der Waals surface area contributed by atoms with Gasteiger partial charge in [0, 0.05) is 6.54 Å². The highest BCUT2D eigenvalue weighted by molar-refractivity contribution is 5.20. The van der Waals surface area contributed by atoms with Crippen molar-refractivity contribution in [3.05, 3.63) is 42.6 Å². The van der Waals surface area contributed by atoms with E-state index in [4.69, 9.17) is 4.74 Å². The molecule has 0 spiro atoms. The van der Waals surface area contributed by atoms with E-state index in [1.807, 2.05) is 30.3 Å². The van der Waals surface area contributed by atoms with Crippen LogP contribution in [0.4, 0.5) is 0 Å². The average molecular weight is 189 g/mol.